The van der Waals surface area contributed by atoms with Gasteiger partial charge < -0.3 is 10.1 Å². The van der Waals surface area contributed by atoms with Gasteiger partial charge in [-0.3, -0.25) is 0 Å². The number of hydrogen-bond donors (Lipinski definition) is 1. The maximum absolute atomic E-state index is 13.5. The van der Waals surface area contributed by atoms with Crippen molar-refractivity contribution in [2.75, 3.05) is 27.2 Å². The number of nitrogens with zero attached hydrogens (tertiary/aromatic N) is 1. The highest BCUT2D eigenvalue weighted by Gasteiger charge is 2.32. The Kier molecular flexibility index (Phi) is 6.94. The summed E-state index contributed by atoms with van der Waals surface area (Å²) in [4.78, 5) is 11.4. The molecule has 0 saturated carbocycles. The van der Waals surface area contributed by atoms with E-state index in [2.05, 4.69) is 10.1 Å². The van der Waals surface area contributed by atoms with Gasteiger partial charge in [-0.2, -0.15) is 4.31 Å². The summed E-state index contributed by atoms with van der Waals surface area (Å²) in [6, 6.07) is 2.85. The molecule has 1 heterocycles. The van der Waals surface area contributed by atoms with Crippen LogP contribution < -0.4 is 5.32 Å². The van der Waals surface area contributed by atoms with E-state index in [1.54, 1.807) is 0 Å². The Hall–Kier alpha value is -1.22. The van der Waals surface area contributed by atoms with Gasteiger partial charge in [-0.1, -0.05) is 0 Å². The average molecular weight is 367 g/mol. The fourth-order valence-corrected chi connectivity index (χ4v) is 4.11. The fourth-order valence-electron chi connectivity index (χ4n) is 2.51. The van der Waals surface area contributed by atoms with Gasteiger partial charge in [-0.25, -0.2) is 17.6 Å². The van der Waals surface area contributed by atoms with E-state index in [-0.39, 0.29) is 28.9 Å². The molecule has 1 aliphatic rings. The third kappa shape index (κ3) is 4.20. The molecule has 0 bridgehead atoms. The van der Waals surface area contributed by atoms with E-state index in [0.717, 1.165) is 38.4 Å². The molecule has 1 N–H and O–H groups in total. The van der Waals surface area contributed by atoms with E-state index < -0.39 is 21.8 Å². The number of piperidine rings is 1. The summed E-state index contributed by atoms with van der Waals surface area (Å²) in [7, 11) is -1.38. The summed E-state index contributed by atoms with van der Waals surface area (Å²) in [5.74, 6) is -1.53. The van der Waals surface area contributed by atoms with Crippen molar-refractivity contribution in [1.82, 2.24) is 9.62 Å². The first-order valence-electron chi connectivity index (χ1n) is 6.94. The highest BCUT2D eigenvalue weighted by Crippen LogP contribution is 2.25. The van der Waals surface area contributed by atoms with E-state index in [4.69, 9.17) is 0 Å². The summed E-state index contributed by atoms with van der Waals surface area (Å²) in [5, 5.41) is 3.15. The van der Waals surface area contributed by atoms with Gasteiger partial charge in [-0.15, -0.1) is 12.4 Å². The smallest absolute Gasteiger partial charge is 0.339 e. The Morgan fingerprint density at radius 2 is 1.96 bits per heavy atom. The van der Waals surface area contributed by atoms with Crippen LogP contribution in [0.5, 0.6) is 0 Å². The Labute approximate surface area is 141 Å². The van der Waals surface area contributed by atoms with Crippen molar-refractivity contribution in [3.63, 3.8) is 0 Å². The largest absolute Gasteiger partial charge is 0.465 e. The average Bonchev–Trinajstić information content (AvgIpc) is 2.54. The lowest BCUT2D eigenvalue weighted by molar-refractivity contribution is 0.0596. The Morgan fingerprint density at radius 3 is 2.52 bits per heavy atom. The first kappa shape index (κ1) is 19.8. The van der Waals surface area contributed by atoms with E-state index in [9.17, 15) is 17.6 Å². The molecular formula is C14H20ClFN2O4S. The first-order valence-corrected chi connectivity index (χ1v) is 8.38. The van der Waals surface area contributed by atoms with Crippen LogP contribution in [0.3, 0.4) is 0 Å². The molecule has 1 aromatic rings. The van der Waals surface area contributed by atoms with E-state index in [1.807, 2.05) is 0 Å². The summed E-state index contributed by atoms with van der Waals surface area (Å²) < 4.78 is 44.8. The van der Waals surface area contributed by atoms with Gasteiger partial charge in [0.15, 0.2) is 0 Å². The van der Waals surface area contributed by atoms with Crippen LogP contribution in [0.25, 0.3) is 0 Å². The quantitative estimate of drug-likeness (QED) is 0.815. The SMILES string of the molecule is COC(=O)c1ccc(F)cc1S(=O)(=O)N(C)C1CCNCC1.Cl. The van der Waals surface area contributed by atoms with Crippen molar-refractivity contribution in [2.24, 2.45) is 0 Å². The second-order valence-corrected chi connectivity index (χ2v) is 7.10. The molecule has 0 radical (unpaired) electrons. The maximum atomic E-state index is 13.5. The van der Waals surface area contributed by atoms with E-state index in [0.29, 0.717) is 12.8 Å². The highest BCUT2D eigenvalue weighted by atomic mass is 35.5. The number of halogens is 2. The third-order valence-corrected chi connectivity index (χ3v) is 5.78. The zero-order valence-electron chi connectivity index (χ0n) is 12.9. The van der Waals surface area contributed by atoms with Gasteiger partial charge in [-0.05, 0) is 44.1 Å². The van der Waals surface area contributed by atoms with Crippen molar-refractivity contribution in [2.45, 2.75) is 23.8 Å². The molecular weight excluding hydrogens is 347 g/mol. The molecule has 6 nitrogen and oxygen atoms in total. The van der Waals surface area contributed by atoms with Gasteiger partial charge in [0.25, 0.3) is 0 Å². The van der Waals surface area contributed by atoms with Crippen LogP contribution in [0.2, 0.25) is 0 Å². The molecule has 0 unspecified atom stereocenters. The molecule has 130 valence electrons. The molecule has 1 aromatic carbocycles. The van der Waals surface area contributed by atoms with Crippen molar-refractivity contribution < 1.29 is 22.3 Å². The van der Waals surface area contributed by atoms with Crippen molar-refractivity contribution in [1.29, 1.82) is 0 Å². The number of carbonyl (C=O) groups is 1. The zero-order chi connectivity index (χ0) is 16.3. The van der Waals surface area contributed by atoms with Gasteiger partial charge in [0.05, 0.1) is 17.6 Å². The number of esters is 1. The molecule has 0 amide bonds. The van der Waals surface area contributed by atoms with Gasteiger partial charge in [0, 0.05) is 13.1 Å². The minimum atomic E-state index is -3.98. The fraction of sp³-hybridized carbons (Fsp3) is 0.500. The number of hydrogen-bond acceptors (Lipinski definition) is 5. The minimum absolute atomic E-state index is 0. The number of benzene rings is 1. The Morgan fingerprint density at radius 1 is 1.35 bits per heavy atom. The van der Waals surface area contributed by atoms with Gasteiger partial charge in [0.2, 0.25) is 10.0 Å². The van der Waals surface area contributed by atoms with E-state index in [1.165, 1.54) is 11.4 Å². The number of sulfonamides is 1. The number of carbonyl (C=O) groups excluding carboxylic acids is 1. The zero-order valence-corrected chi connectivity index (χ0v) is 14.5. The lowest BCUT2D eigenvalue weighted by Crippen LogP contribution is -2.44. The lowest BCUT2D eigenvalue weighted by atomic mass is 10.1. The minimum Gasteiger partial charge on any atom is -0.465 e. The Bertz CT molecular complexity index is 663. The normalized spacial score (nSPS) is 16.0. The van der Waals surface area contributed by atoms with Crippen LogP contribution in [-0.2, 0) is 14.8 Å². The molecule has 1 saturated heterocycles. The molecule has 0 aliphatic carbocycles. The molecule has 9 heteroatoms. The van der Waals surface area contributed by atoms with Gasteiger partial charge in [0.1, 0.15) is 5.82 Å². The second kappa shape index (κ2) is 8.05. The predicted octanol–water partition coefficient (Wildman–Crippen LogP) is 1.41. The maximum Gasteiger partial charge on any atom is 0.339 e. The van der Waals surface area contributed by atoms with Gasteiger partial charge >= 0.3 is 5.97 Å². The van der Waals surface area contributed by atoms with E-state index >= 15 is 0 Å². The van der Waals surface area contributed by atoms with Crippen LogP contribution in [0.15, 0.2) is 23.1 Å². The molecule has 0 atom stereocenters. The highest BCUT2D eigenvalue weighted by molar-refractivity contribution is 7.89. The summed E-state index contributed by atoms with van der Waals surface area (Å²) in [6.45, 7) is 1.44. The summed E-state index contributed by atoms with van der Waals surface area (Å²) in [5.41, 5.74) is -0.162. The first-order chi connectivity index (χ1) is 10.4. The lowest BCUT2D eigenvalue weighted by Gasteiger charge is -2.31. The van der Waals surface area contributed by atoms with Crippen LogP contribution in [-0.4, -0.2) is 52.0 Å². The molecule has 0 aromatic heterocycles. The second-order valence-electron chi connectivity index (χ2n) is 5.13. The van der Waals surface area contributed by atoms with Crippen LogP contribution in [0, 0.1) is 5.82 Å². The number of ether oxygens (including phenoxy) is 1. The van der Waals surface area contributed by atoms with Crippen LogP contribution >= 0.6 is 12.4 Å². The monoisotopic (exact) mass is 366 g/mol. The predicted molar refractivity (Wildman–Crippen MR) is 85.8 cm³/mol. The topological polar surface area (TPSA) is 75.7 Å². The Balaban J connectivity index is 0.00000264. The van der Waals surface area contributed by atoms with Crippen molar-refractivity contribution in [3.8, 4) is 0 Å². The van der Waals surface area contributed by atoms with Crippen LogP contribution in [0.1, 0.15) is 23.2 Å². The number of nitrogens with one attached hydrogen (secondary N) is 1. The summed E-state index contributed by atoms with van der Waals surface area (Å²) in [6.07, 6.45) is 1.33. The molecule has 2 rings (SSSR count). The standard InChI is InChI=1S/C14H19FN2O4S.ClH/c1-17(11-5-7-16-8-6-11)22(19,20)13-9-10(15)3-4-12(13)14(18)21-2;/h3-4,9,11,16H,5-8H2,1-2H3;1H. The number of rotatable bonds is 4. The summed E-state index contributed by atoms with van der Waals surface area (Å²) >= 11 is 0. The third-order valence-electron chi connectivity index (χ3n) is 3.83. The van der Waals surface area contributed by atoms with Crippen molar-refractivity contribution in [3.05, 3.63) is 29.6 Å². The molecule has 1 fully saturated rings. The van der Waals surface area contributed by atoms with Crippen LogP contribution in [0.4, 0.5) is 4.39 Å². The molecule has 0 spiro atoms. The molecule has 1 aliphatic heterocycles. The van der Waals surface area contributed by atoms with Crippen molar-refractivity contribution >= 4 is 28.4 Å². The molecule has 23 heavy (non-hydrogen) atoms. The number of methoxy groups -OCH3 is 1.